The van der Waals surface area contributed by atoms with Gasteiger partial charge in [-0.05, 0) is 35.6 Å². The average molecular weight is 413 g/mol. The molecule has 1 N–H and O–H groups in total. The molecule has 1 heterocycles. The second-order valence-corrected chi connectivity index (χ2v) is 7.27. The summed E-state index contributed by atoms with van der Waals surface area (Å²) >= 11 is 0. The summed E-state index contributed by atoms with van der Waals surface area (Å²) in [5.41, 5.74) is 2.92. The smallest absolute Gasteiger partial charge is 0.335 e. The molecule has 3 aromatic rings. The van der Waals surface area contributed by atoms with Crippen molar-refractivity contribution in [1.82, 2.24) is 14.8 Å². The first-order chi connectivity index (χ1) is 14.3. The van der Waals surface area contributed by atoms with Crippen molar-refractivity contribution in [3.05, 3.63) is 82.4 Å². The van der Waals surface area contributed by atoms with Crippen LogP contribution in [-0.2, 0) is 25.3 Å². The number of hydrogen-bond acceptors (Lipinski definition) is 3. The standard InChI is InChI=1S/C23H25F2N3O2/c1-3-7-20-26-22(23(24,25)4-2)27-28(20)15-17-12-10-16(11-13-17)14-18-8-5-6-9-19(18)21(29)30/h5-6,8-13H,3-4,7,14-15H2,1-2H3,(H,29,30). The Hall–Kier alpha value is -3.09. The summed E-state index contributed by atoms with van der Waals surface area (Å²) in [6, 6.07) is 14.6. The maximum atomic E-state index is 14.0. The molecular weight excluding hydrogens is 388 g/mol. The monoisotopic (exact) mass is 413 g/mol. The molecule has 0 spiro atoms. The minimum absolute atomic E-state index is 0.290. The lowest BCUT2D eigenvalue weighted by Crippen LogP contribution is -2.14. The maximum absolute atomic E-state index is 14.0. The van der Waals surface area contributed by atoms with Crippen molar-refractivity contribution in [3.8, 4) is 0 Å². The molecule has 3 rings (SSSR count). The fourth-order valence-electron chi connectivity index (χ4n) is 3.26. The van der Waals surface area contributed by atoms with Crippen molar-refractivity contribution in [2.75, 3.05) is 0 Å². The van der Waals surface area contributed by atoms with Crippen LogP contribution in [0.25, 0.3) is 0 Å². The van der Waals surface area contributed by atoms with Gasteiger partial charge in [-0.3, -0.25) is 0 Å². The van der Waals surface area contributed by atoms with Crippen LogP contribution in [0.1, 0.15) is 65.4 Å². The number of benzene rings is 2. The quantitative estimate of drug-likeness (QED) is 0.532. The van der Waals surface area contributed by atoms with Gasteiger partial charge >= 0.3 is 11.9 Å². The fourth-order valence-corrected chi connectivity index (χ4v) is 3.26. The molecule has 0 radical (unpaired) electrons. The highest BCUT2D eigenvalue weighted by atomic mass is 19.3. The first-order valence-corrected chi connectivity index (χ1v) is 10.0. The molecule has 2 aromatic carbocycles. The van der Waals surface area contributed by atoms with Crippen LogP contribution >= 0.6 is 0 Å². The Morgan fingerprint density at radius 1 is 1.07 bits per heavy atom. The van der Waals surface area contributed by atoms with Gasteiger partial charge in [0.05, 0.1) is 12.1 Å². The van der Waals surface area contributed by atoms with E-state index in [1.807, 2.05) is 37.3 Å². The molecule has 0 unspecified atom stereocenters. The normalized spacial score (nSPS) is 11.6. The highest BCUT2D eigenvalue weighted by Gasteiger charge is 2.34. The van der Waals surface area contributed by atoms with Gasteiger partial charge in [-0.25, -0.2) is 14.5 Å². The van der Waals surface area contributed by atoms with E-state index in [4.69, 9.17) is 0 Å². The van der Waals surface area contributed by atoms with Gasteiger partial charge in [0, 0.05) is 12.8 Å². The lowest BCUT2D eigenvalue weighted by Gasteiger charge is -2.09. The van der Waals surface area contributed by atoms with E-state index < -0.39 is 17.7 Å². The zero-order chi connectivity index (χ0) is 21.7. The molecule has 0 aliphatic carbocycles. The SMILES string of the molecule is CCCc1nc(C(F)(F)CC)nn1Cc1ccc(Cc2ccccc2C(=O)O)cc1. The second kappa shape index (κ2) is 9.15. The summed E-state index contributed by atoms with van der Waals surface area (Å²) in [6.45, 7) is 3.75. The Balaban J connectivity index is 1.79. The number of rotatable bonds is 9. The number of carboxylic acid groups (broad SMARTS) is 1. The number of nitrogens with zero attached hydrogens (tertiary/aromatic N) is 3. The van der Waals surface area contributed by atoms with Crippen molar-refractivity contribution in [3.63, 3.8) is 0 Å². The summed E-state index contributed by atoms with van der Waals surface area (Å²) in [6.07, 6.45) is 1.53. The number of aromatic nitrogens is 3. The summed E-state index contributed by atoms with van der Waals surface area (Å²) in [7, 11) is 0. The van der Waals surface area contributed by atoms with E-state index in [2.05, 4.69) is 10.1 Å². The predicted molar refractivity (Wildman–Crippen MR) is 110 cm³/mol. The van der Waals surface area contributed by atoms with Gasteiger partial charge in [0.1, 0.15) is 5.82 Å². The molecule has 0 fully saturated rings. The van der Waals surface area contributed by atoms with Gasteiger partial charge in [-0.15, -0.1) is 5.10 Å². The highest BCUT2D eigenvalue weighted by molar-refractivity contribution is 5.89. The number of aromatic carboxylic acids is 1. The number of carboxylic acids is 1. The number of alkyl halides is 2. The molecule has 158 valence electrons. The molecule has 0 saturated heterocycles. The molecule has 0 aliphatic rings. The topological polar surface area (TPSA) is 68.0 Å². The van der Waals surface area contributed by atoms with Crippen LogP contribution in [0.5, 0.6) is 0 Å². The Bertz CT molecular complexity index is 1010. The van der Waals surface area contributed by atoms with E-state index in [-0.39, 0.29) is 12.0 Å². The third-order valence-electron chi connectivity index (χ3n) is 4.99. The Morgan fingerprint density at radius 3 is 2.37 bits per heavy atom. The lowest BCUT2D eigenvalue weighted by molar-refractivity contribution is -0.0177. The molecule has 0 saturated carbocycles. The van der Waals surface area contributed by atoms with Gasteiger partial charge in [0.25, 0.3) is 0 Å². The molecule has 0 aliphatic heterocycles. The van der Waals surface area contributed by atoms with Gasteiger partial charge < -0.3 is 5.11 Å². The highest BCUT2D eigenvalue weighted by Crippen LogP contribution is 2.29. The number of carbonyl (C=O) groups is 1. The molecule has 1 aromatic heterocycles. The first-order valence-electron chi connectivity index (χ1n) is 10.0. The fraction of sp³-hybridized carbons (Fsp3) is 0.348. The van der Waals surface area contributed by atoms with Gasteiger partial charge in [0.15, 0.2) is 0 Å². The van der Waals surface area contributed by atoms with E-state index >= 15 is 0 Å². The molecule has 30 heavy (non-hydrogen) atoms. The van der Waals surface area contributed by atoms with Gasteiger partial charge in [-0.2, -0.15) is 8.78 Å². The summed E-state index contributed by atoms with van der Waals surface area (Å²) in [5, 5.41) is 13.4. The zero-order valence-electron chi connectivity index (χ0n) is 17.1. The van der Waals surface area contributed by atoms with Crippen LogP contribution in [0, 0.1) is 0 Å². The van der Waals surface area contributed by atoms with Gasteiger partial charge in [0.2, 0.25) is 5.82 Å². The summed E-state index contributed by atoms with van der Waals surface area (Å²) in [4.78, 5) is 15.5. The summed E-state index contributed by atoms with van der Waals surface area (Å²) < 4.78 is 29.6. The Kier molecular flexibility index (Phi) is 6.59. The van der Waals surface area contributed by atoms with E-state index in [9.17, 15) is 18.7 Å². The van der Waals surface area contributed by atoms with Crippen LogP contribution in [0.3, 0.4) is 0 Å². The van der Waals surface area contributed by atoms with Crippen LogP contribution < -0.4 is 0 Å². The van der Waals surface area contributed by atoms with Crippen LogP contribution in [0.4, 0.5) is 8.78 Å². The second-order valence-electron chi connectivity index (χ2n) is 7.27. The Labute approximate surface area is 174 Å². The largest absolute Gasteiger partial charge is 0.478 e. The van der Waals surface area contributed by atoms with Crippen LogP contribution in [0.15, 0.2) is 48.5 Å². The van der Waals surface area contributed by atoms with Crippen molar-refractivity contribution in [2.45, 2.75) is 52.0 Å². The molecule has 0 atom stereocenters. The van der Waals surface area contributed by atoms with E-state index in [0.717, 1.165) is 23.1 Å². The van der Waals surface area contributed by atoms with Gasteiger partial charge in [-0.1, -0.05) is 56.3 Å². The molecule has 7 heteroatoms. The van der Waals surface area contributed by atoms with Crippen molar-refractivity contribution in [1.29, 1.82) is 0 Å². The third-order valence-corrected chi connectivity index (χ3v) is 4.99. The van der Waals surface area contributed by atoms with Crippen molar-refractivity contribution >= 4 is 5.97 Å². The molecule has 5 nitrogen and oxygen atoms in total. The van der Waals surface area contributed by atoms with E-state index in [1.54, 1.807) is 22.9 Å². The van der Waals surface area contributed by atoms with E-state index in [1.165, 1.54) is 6.92 Å². The lowest BCUT2D eigenvalue weighted by atomic mass is 9.99. The molecule has 0 amide bonds. The average Bonchev–Trinajstić information content (AvgIpc) is 3.13. The third kappa shape index (κ3) is 4.90. The molecular formula is C23H25F2N3O2. The molecule has 0 bridgehead atoms. The Morgan fingerprint density at radius 2 is 1.73 bits per heavy atom. The minimum Gasteiger partial charge on any atom is -0.478 e. The van der Waals surface area contributed by atoms with Crippen molar-refractivity contribution < 1.29 is 18.7 Å². The number of hydrogen-bond donors (Lipinski definition) is 1. The van der Waals surface area contributed by atoms with Crippen molar-refractivity contribution in [2.24, 2.45) is 0 Å². The maximum Gasteiger partial charge on any atom is 0.335 e. The van der Waals surface area contributed by atoms with Crippen LogP contribution in [-0.4, -0.2) is 25.8 Å². The number of halogens is 2. The minimum atomic E-state index is -3.03. The first kappa shape index (κ1) is 21.6. The summed E-state index contributed by atoms with van der Waals surface area (Å²) in [5.74, 6) is -3.85. The number of aryl methyl sites for hydroxylation is 1. The van der Waals surface area contributed by atoms with Crippen LogP contribution in [0.2, 0.25) is 0 Å². The zero-order valence-corrected chi connectivity index (χ0v) is 17.1. The van der Waals surface area contributed by atoms with E-state index in [0.29, 0.717) is 25.2 Å². The predicted octanol–water partition coefficient (Wildman–Crippen LogP) is 5.07.